The zero-order valence-electron chi connectivity index (χ0n) is 14.5. The number of hydrogen-bond donors (Lipinski definition) is 1. The van der Waals surface area contributed by atoms with Crippen LogP contribution in [0.4, 0.5) is 9.18 Å². The highest BCUT2D eigenvalue weighted by Crippen LogP contribution is 2.13. The molecule has 25 heavy (non-hydrogen) atoms. The van der Waals surface area contributed by atoms with Crippen LogP contribution in [-0.4, -0.2) is 42.0 Å². The minimum absolute atomic E-state index is 0.00838. The molecule has 1 N–H and O–H groups in total. The zero-order valence-corrected chi connectivity index (χ0v) is 14.5. The highest BCUT2D eigenvalue weighted by molar-refractivity contribution is 5.74. The quantitative estimate of drug-likeness (QED) is 0.925. The number of nitrogens with zero attached hydrogens (tertiary/aromatic N) is 2. The molecule has 0 aliphatic carbocycles. The molecule has 0 saturated carbocycles. The number of nitrogens with one attached hydrogen (secondary N) is 1. The topological polar surface area (TPSA) is 35.6 Å². The van der Waals surface area contributed by atoms with Crippen molar-refractivity contribution in [3.8, 4) is 0 Å². The summed E-state index contributed by atoms with van der Waals surface area (Å²) in [5.74, 6) is -0.210. The van der Waals surface area contributed by atoms with Crippen LogP contribution >= 0.6 is 0 Å². The number of carbonyl (C=O) groups is 1. The Labute approximate surface area is 148 Å². The first-order chi connectivity index (χ1) is 12.1. The Hall–Kier alpha value is -2.40. The summed E-state index contributed by atoms with van der Waals surface area (Å²) >= 11 is 0. The van der Waals surface area contributed by atoms with Crippen LogP contribution in [0.2, 0.25) is 0 Å². The van der Waals surface area contributed by atoms with Crippen LogP contribution in [0.15, 0.2) is 54.6 Å². The summed E-state index contributed by atoms with van der Waals surface area (Å²) in [5.41, 5.74) is 2.20. The molecule has 1 fully saturated rings. The molecular formula is C20H24FN3O. The number of benzene rings is 2. The number of amides is 2. The molecule has 0 radical (unpaired) electrons. The van der Waals surface area contributed by atoms with E-state index in [0.717, 1.165) is 30.8 Å². The van der Waals surface area contributed by atoms with Crippen LogP contribution in [-0.2, 0) is 6.54 Å². The highest BCUT2D eigenvalue weighted by Gasteiger charge is 2.22. The van der Waals surface area contributed by atoms with Crippen molar-refractivity contribution in [1.29, 1.82) is 0 Å². The summed E-state index contributed by atoms with van der Waals surface area (Å²) in [4.78, 5) is 16.6. The Bertz CT molecular complexity index is 682. The number of carbonyl (C=O) groups excluding carboxylic acids is 1. The number of hydrogen-bond acceptors (Lipinski definition) is 2. The lowest BCUT2D eigenvalue weighted by Gasteiger charge is -2.35. The van der Waals surface area contributed by atoms with Gasteiger partial charge in [0, 0.05) is 32.7 Å². The molecule has 3 rings (SSSR count). The maximum absolute atomic E-state index is 13.0. The number of urea groups is 1. The first kappa shape index (κ1) is 17.4. The van der Waals surface area contributed by atoms with Gasteiger partial charge < -0.3 is 10.2 Å². The van der Waals surface area contributed by atoms with Gasteiger partial charge >= 0.3 is 6.03 Å². The molecule has 0 spiro atoms. The van der Waals surface area contributed by atoms with Crippen LogP contribution in [0, 0.1) is 5.82 Å². The highest BCUT2D eigenvalue weighted by atomic mass is 19.1. The predicted molar refractivity (Wildman–Crippen MR) is 96.6 cm³/mol. The van der Waals surface area contributed by atoms with Gasteiger partial charge in [-0.3, -0.25) is 4.90 Å². The molecule has 132 valence electrons. The predicted octanol–water partition coefficient (Wildman–Crippen LogP) is 3.41. The summed E-state index contributed by atoms with van der Waals surface area (Å²) < 4.78 is 13.0. The van der Waals surface area contributed by atoms with Crippen LogP contribution in [0.25, 0.3) is 0 Å². The maximum Gasteiger partial charge on any atom is 0.317 e. The SMILES string of the molecule is CC(NC(=O)N1CCN(Cc2ccc(F)cc2)CC1)c1ccccc1. The van der Waals surface area contributed by atoms with Crippen molar-refractivity contribution in [3.63, 3.8) is 0 Å². The second-order valence-corrected chi connectivity index (χ2v) is 6.47. The summed E-state index contributed by atoms with van der Waals surface area (Å²) in [6.45, 7) is 5.84. The molecule has 1 saturated heterocycles. The lowest BCUT2D eigenvalue weighted by atomic mass is 10.1. The van der Waals surface area contributed by atoms with Gasteiger partial charge in [-0.25, -0.2) is 9.18 Å². The molecule has 0 bridgehead atoms. The van der Waals surface area contributed by atoms with Crippen LogP contribution < -0.4 is 5.32 Å². The van der Waals surface area contributed by atoms with Gasteiger partial charge in [-0.1, -0.05) is 42.5 Å². The number of halogens is 1. The Balaban J connectivity index is 1.46. The molecule has 2 aromatic rings. The van der Waals surface area contributed by atoms with E-state index < -0.39 is 0 Å². The van der Waals surface area contributed by atoms with E-state index in [1.807, 2.05) is 54.3 Å². The van der Waals surface area contributed by atoms with E-state index in [9.17, 15) is 9.18 Å². The van der Waals surface area contributed by atoms with E-state index in [4.69, 9.17) is 0 Å². The van der Waals surface area contributed by atoms with Gasteiger partial charge in [0.05, 0.1) is 6.04 Å². The second kappa shape index (κ2) is 8.12. The fourth-order valence-electron chi connectivity index (χ4n) is 3.06. The van der Waals surface area contributed by atoms with Gasteiger partial charge in [0.2, 0.25) is 0 Å². The fourth-order valence-corrected chi connectivity index (χ4v) is 3.06. The Morgan fingerprint density at radius 1 is 1.04 bits per heavy atom. The molecule has 2 aromatic carbocycles. The first-order valence-electron chi connectivity index (χ1n) is 8.69. The molecular weight excluding hydrogens is 317 g/mol. The largest absolute Gasteiger partial charge is 0.331 e. The smallest absolute Gasteiger partial charge is 0.317 e. The van der Waals surface area contributed by atoms with Gasteiger partial charge in [-0.15, -0.1) is 0 Å². The molecule has 1 atom stereocenters. The van der Waals surface area contributed by atoms with Crippen molar-refractivity contribution in [1.82, 2.24) is 15.1 Å². The molecule has 1 aliphatic rings. The molecule has 1 aliphatic heterocycles. The Kier molecular flexibility index (Phi) is 5.66. The van der Waals surface area contributed by atoms with Gasteiger partial charge in [0.15, 0.2) is 0 Å². The van der Waals surface area contributed by atoms with E-state index in [1.54, 1.807) is 0 Å². The Morgan fingerprint density at radius 3 is 2.32 bits per heavy atom. The van der Waals surface area contributed by atoms with Crippen molar-refractivity contribution < 1.29 is 9.18 Å². The normalized spacial score (nSPS) is 16.5. The van der Waals surface area contributed by atoms with E-state index in [-0.39, 0.29) is 17.9 Å². The lowest BCUT2D eigenvalue weighted by Crippen LogP contribution is -2.51. The lowest BCUT2D eigenvalue weighted by molar-refractivity contribution is 0.133. The second-order valence-electron chi connectivity index (χ2n) is 6.47. The summed E-state index contributed by atoms with van der Waals surface area (Å²) in [6, 6.07) is 16.6. The standard InChI is InChI=1S/C20H24FN3O/c1-16(18-5-3-2-4-6-18)22-20(25)24-13-11-23(12-14-24)15-17-7-9-19(21)10-8-17/h2-10,16H,11-15H2,1H3,(H,22,25). The van der Waals surface area contributed by atoms with E-state index in [0.29, 0.717) is 13.1 Å². The molecule has 0 aromatic heterocycles. The van der Waals surface area contributed by atoms with Crippen LogP contribution in [0.5, 0.6) is 0 Å². The average molecular weight is 341 g/mol. The van der Waals surface area contributed by atoms with Crippen molar-refractivity contribution in [2.24, 2.45) is 0 Å². The molecule has 4 nitrogen and oxygen atoms in total. The molecule has 5 heteroatoms. The van der Waals surface area contributed by atoms with Crippen LogP contribution in [0.3, 0.4) is 0 Å². The molecule has 1 unspecified atom stereocenters. The van der Waals surface area contributed by atoms with Gasteiger partial charge in [-0.2, -0.15) is 0 Å². The van der Waals surface area contributed by atoms with E-state index >= 15 is 0 Å². The van der Waals surface area contributed by atoms with Crippen LogP contribution in [0.1, 0.15) is 24.1 Å². The van der Waals surface area contributed by atoms with Crippen molar-refractivity contribution in [2.45, 2.75) is 19.5 Å². The van der Waals surface area contributed by atoms with Gasteiger partial charge in [-0.05, 0) is 30.2 Å². The van der Waals surface area contributed by atoms with Crippen molar-refractivity contribution >= 4 is 6.03 Å². The monoisotopic (exact) mass is 341 g/mol. The summed E-state index contributed by atoms with van der Waals surface area (Å²) in [7, 11) is 0. The number of rotatable bonds is 4. The number of piperazine rings is 1. The minimum Gasteiger partial charge on any atom is -0.331 e. The first-order valence-corrected chi connectivity index (χ1v) is 8.69. The molecule has 2 amide bonds. The fraction of sp³-hybridized carbons (Fsp3) is 0.350. The average Bonchev–Trinajstić information content (AvgIpc) is 2.65. The van der Waals surface area contributed by atoms with Crippen molar-refractivity contribution in [3.05, 3.63) is 71.5 Å². The summed E-state index contributed by atoms with van der Waals surface area (Å²) in [5, 5.41) is 3.06. The van der Waals surface area contributed by atoms with Gasteiger partial charge in [0.25, 0.3) is 0 Å². The summed E-state index contributed by atoms with van der Waals surface area (Å²) in [6.07, 6.45) is 0. The maximum atomic E-state index is 13.0. The van der Waals surface area contributed by atoms with Gasteiger partial charge in [0.1, 0.15) is 5.82 Å². The third kappa shape index (κ3) is 4.79. The third-order valence-electron chi connectivity index (χ3n) is 4.62. The molecule has 1 heterocycles. The third-order valence-corrected chi connectivity index (χ3v) is 4.62. The van der Waals surface area contributed by atoms with E-state index in [2.05, 4.69) is 10.2 Å². The minimum atomic E-state index is -0.210. The Morgan fingerprint density at radius 2 is 1.68 bits per heavy atom. The zero-order chi connectivity index (χ0) is 17.6. The van der Waals surface area contributed by atoms with Crippen molar-refractivity contribution in [2.75, 3.05) is 26.2 Å². The van der Waals surface area contributed by atoms with E-state index in [1.165, 1.54) is 12.1 Å².